The number of hydrogen-bond acceptors (Lipinski definition) is 2. The minimum atomic E-state index is -0.570. The molecule has 1 amide bonds. The average Bonchev–Trinajstić information content (AvgIpc) is 2.78. The second-order valence-electron chi connectivity index (χ2n) is 5.28. The highest BCUT2D eigenvalue weighted by Gasteiger charge is 2.39. The molecule has 4 nitrogen and oxygen atoms in total. The molecule has 2 N–H and O–H groups in total. The number of aryl methyl sites for hydroxylation is 1. The molecular weight excluding hydrogens is 226 g/mol. The second-order valence-corrected chi connectivity index (χ2v) is 5.28. The van der Waals surface area contributed by atoms with E-state index in [2.05, 4.69) is 27.6 Å². The Morgan fingerprint density at radius 1 is 1.22 bits per heavy atom. The molecule has 0 atom stereocenters. The van der Waals surface area contributed by atoms with Crippen molar-refractivity contribution in [1.29, 1.82) is 0 Å². The van der Waals surface area contributed by atoms with E-state index in [9.17, 15) is 4.79 Å². The van der Waals surface area contributed by atoms with Crippen LogP contribution in [0.4, 0.5) is 0 Å². The van der Waals surface area contributed by atoms with Crippen LogP contribution in [0.2, 0.25) is 0 Å². The fourth-order valence-electron chi connectivity index (χ4n) is 2.34. The Morgan fingerprint density at radius 3 is 2.67 bits per heavy atom. The Kier molecular flexibility index (Phi) is 2.11. The molecular formula is C14H15N3O. The number of aromatic nitrogens is 1. The summed E-state index contributed by atoms with van der Waals surface area (Å²) in [6.07, 6.45) is 0. The van der Waals surface area contributed by atoms with Gasteiger partial charge in [0.05, 0.1) is 11.1 Å². The normalized spacial score (nSPS) is 17.9. The van der Waals surface area contributed by atoms with Gasteiger partial charge in [0.25, 0.3) is 5.91 Å². The van der Waals surface area contributed by atoms with E-state index < -0.39 is 5.41 Å². The minimum Gasteiger partial charge on any atom is -0.359 e. The monoisotopic (exact) mass is 241 g/mol. The second kappa shape index (κ2) is 3.45. The van der Waals surface area contributed by atoms with Gasteiger partial charge >= 0.3 is 0 Å². The molecule has 0 unspecified atom stereocenters. The first-order chi connectivity index (χ1) is 8.48. The predicted molar refractivity (Wildman–Crippen MR) is 71.5 cm³/mol. The highest BCUT2D eigenvalue weighted by molar-refractivity contribution is 6.19. The molecule has 18 heavy (non-hydrogen) atoms. The Morgan fingerprint density at radius 2 is 2.00 bits per heavy atom. The van der Waals surface area contributed by atoms with Crippen LogP contribution < -0.4 is 5.43 Å². The van der Waals surface area contributed by atoms with Crippen molar-refractivity contribution in [2.75, 3.05) is 0 Å². The van der Waals surface area contributed by atoms with Crippen LogP contribution in [-0.2, 0) is 4.79 Å². The van der Waals surface area contributed by atoms with E-state index in [4.69, 9.17) is 0 Å². The van der Waals surface area contributed by atoms with Gasteiger partial charge in [0.15, 0.2) is 0 Å². The first-order valence-corrected chi connectivity index (χ1v) is 5.97. The molecule has 0 aliphatic carbocycles. The lowest BCUT2D eigenvalue weighted by Gasteiger charge is -2.16. The van der Waals surface area contributed by atoms with Gasteiger partial charge in [-0.2, -0.15) is 5.10 Å². The number of fused-ring (bicyclic) bond motifs is 1. The number of amides is 1. The van der Waals surface area contributed by atoms with Crippen LogP contribution in [0.15, 0.2) is 29.4 Å². The summed E-state index contributed by atoms with van der Waals surface area (Å²) in [6.45, 7) is 5.81. The van der Waals surface area contributed by atoms with Crippen molar-refractivity contribution in [1.82, 2.24) is 10.4 Å². The summed E-state index contributed by atoms with van der Waals surface area (Å²) < 4.78 is 0. The lowest BCUT2D eigenvalue weighted by molar-refractivity contribution is -0.125. The van der Waals surface area contributed by atoms with Crippen molar-refractivity contribution in [3.63, 3.8) is 0 Å². The molecule has 0 radical (unpaired) electrons. The third kappa shape index (κ3) is 1.45. The minimum absolute atomic E-state index is 0.0529. The molecule has 0 fully saturated rings. The van der Waals surface area contributed by atoms with Gasteiger partial charge in [-0.1, -0.05) is 6.07 Å². The molecule has 4 heteroatoms. The number of rotatable bonds is 1. The van der Waals surface area contributed by atoms with Crippen LogP contribution in [0, 0.1) is 12.3 Å². The largest absolute Gasteiger partial charge is 0.359 e. The van der Waals surface area contributed by atoms with Crippen molar-refractivity contribution in [3.8, 4) is 0 Å². The summed E-state index contributed by atoms with van der Waals surface area (Å²) in [7, 11) is 0. The van der Waals surface area contributed by atoms with Gasteiger partial charge in [-0.05, 0) is 44.5 Å². The van der Waals surface area contributed by atoms with E-state index in [1.165, 1.54) is 0 Å². The van der Waals surface area contributed by atoms with Crippen LogP contribution in [0.25, 0.3) is 10.9 Å². The van der Waals surface area contributed by atoms with Gasteiger partial charge in [0.2, 0.25) is 0 Å². The topological polar surface area (TPSA) is 57.2 Å². The summed E-state index contributed by atoms with van der Waals surface area (Å²) in [5.41, 5.74) is 6.00. The zero-order valence-corrected chi connectivity index (χ0v) is 10.7. The summed E-state index contributed by atoms with van der Waals surface area (Å²) >= 11 is 0. The van der Waals surface area contributed by atoms with E-state index in [0.29, 0.717) is 0 Å². The average molecular weight is 241 g/mol. The maximum absolute atomic E-state index is 11.7. The SMILES string of the molecule is Cc1cc2cc(C3=NNC(=O)C3(C)C)ccc2[nH]1. The predicted octanol–water partition coefficient (Wildman–Crippen LogP) is 2.34. The Labute approximate surface area is 105 Å². The van der Waals surface area contributed by atoms with Gasteiger partial charge in [-0.3, -0.25) is 4.79 Å². The molecule has 0 bridgehead atoms. The van der Waals surface area contributed by atoms with E-state index in [1.54, 1.807) is 0 Å². The van der Waals surface area contributed by atoms with E-state index >= 15 is 0 Å². The number of H-pyrrole nitrogens is 1. The van der Waals surface area contributed by atoms with Crippen molar-refractivity contribution in [3.05, 3.63) is 35.5 Å². The zero-order chi connectivity index (χ0) is 12.9. The van der Waals surface area contributed by atoms with E-state index in [-0.39, 0.29) is 5.91 Å². The summed E-state index contributed by atoms with van der Waals surface area (Å²) in [6, 6.07) is 8.19. The lowest BCUT2D eigenvalue weighted by atomic mass is 9.83. The fraction of sp³-hybridized carbons (Fsp3) is 0.286. The number of carbonyl (C=O) groups is 1. The third-order valence-corrected chi connectivity index (χ3v) is 3.46. The molecule has 1 aliphatic heterocycles. The highest BCUT2D eigenvalue weighted by atomic mass is 16.2. The van der Waals surface area contributed by atoms with Crippen LogP contribution in [0.1, 0.15) is 25.1 Å². The maximum Gasteiger partial charge on any atom is 0.251 e. The van der Waals surface area contributed by atoms with Gasteiger partial charge in [-0.25, -0.2) is 5.43 Å². The standard InChI is InChI=1S/C14H15N3O/c1-8-6-10-7-9(4-5-11(10)15-8)12-14(2,3)13(18)17-16-12/h4-7,15H,1-3H3,(H,17,18). The number of aromatic amines is 1. The van der Waals surface area contributed by atoms with Crippen molar-refractivity contribution in [2.24, 2.45) is 10.5 Å². The number of hydrazone groups is 1. The first-order valence-electron chi connectivity index (χ1n) is 5.97. The Balaban J connectivity index is 2.13. The molecule has 2 heterocycles. The first kappa shape index (κ1) is 11.0. The summed E-state index contributed by atoms with van der Waals surface area (Å²) in [4.78, 5) is 15.0. The van der Waals surface area contributed by atoms with Crippen LogP contribution in [-0.4, -0.2) is 16.6 Å². The number of nitrogens with one attached hydrogen (secondary N) is 2. The van der Waals surface area contributed by atoms with Crippen molar-refractivity contribution in [2.45, 2.75) is 20.8 Å². The van der Waals surface area contributed by atoms with Crippen LogP contribution in [0.5, 0.6) is 0 Å². The Bertz CT molecular complexity index is 679. The van der Waals surface area contributed by atoms with Crippen molar-refractivity contribution >= 4 is 22.5 Å². The fourth-order valence-corrected chi connectivity index (χ4v) is 2.34. The molecule has 0 saturated carbocycles. The molecule has 1 aromatic heterocycles. The molecule has 3 rings (SSSR count). The maximum atomic E-state index is 11.7. The van der Waals surface area contributed by atoms with Gasteiger partial charge < -0.3 is 4.98 Å². The number of carbonyl (C=O) groups excluding carboxylic acids is 1. The molecule has 0 spiro atoms. The summed E-state index contributed by atoms with van der Waals surface area (Å²) in [5, 5.41) is 5.30. The van der Waals surface area contributed by atoms with Gasteiger partial charge in [0, 0.05) is 16.6 Å². The number of nitrogens with zero attached hydrogens (tertiary/aromatic N) is 1. The van der Waals surface area contributed by atoms with Crippen LogP contribution >= 0.6 is 0 Å². The summed E-state index contributed by atoms with van der Waals surface area (Å²) in [5.74, 6) is -0.0529. The number of benzene rings is 1. The zero-order valence-electron chi connectivity index (χ0n) is 10.7. The molecule has 0 saturated heterocycles. The highest BCUT2D eigenvalue weighted by Crippen LogP contribution is 2.28. The smallest absolute Gasteiger partial charge is 0.251 e. The molecule has 1 aromatic carbocycles. The van der Waals surface area contributed by atoms with Crippen molar-refractivity contribution < 1.29 is 4.79 Å². The van der Waals surface area contributed by atoms with E-state index in [1.807, 2.05) is 32.9 Å². The van der Waals surface area contributed by atoms with Crippen LogP contribution in [0.3, 0.4) is 0 Å². The molecule has 1 aliphatic rings. The number of hydrogen-bond donors (Lipinski definition) is 2. The van der Waals surface area contributed by atoms with Gasteiger partial charge in [-0.15, -0.1) is 0 Å². The van der Waals surface area contributed by atoms with E-state index in [0.717, 1.165) is 27.9 Å². The Hall–Kier alpha value is -2.10. The molecule has 92 valence electrons. The van der Waals surface area contributed by atoms with Gasteiger partial charge in [0.1, 0.15) is 0 Å². The molecule has 2 aromatic rings. The third-order valence-electron chi connectivity index (χ3n) is 3.46. The lowest BCUT2D eigenvalue weighted by Crippen LogP contribution is -2.32. The quantitative estimate of drug-likeness (QED) is 0.791.